The van der Waals surface area contributed by atoms with Crippen LogP contribution in [0.2, 0.25) is 0 Å². The Morgan fingerprint density at radius 1 is 1.38 bits per heavy atom. The van der Waals surface area contributed by atoms with Crippen LogP contribution in [0.25, 0.3) is 0 Å². The number of aromatic nitrogens is 3. The van der Waals surface area contributed by atoms with Gasteiger partial charge in [-0.3, -0.25) is 9.59 Å². The third-order valence-electron chi connectivity index (χ3n) is 3.58. The first-order chi connectivity index (χ1) is 9.97. The Balaban J connectivity index is 1.87. The maximum absolute atomic E-state index is 11.9. The van der Waals surface area contributed by atoms with Gasteiger partial charge in [0.05, 0.1) is 0 Å². The molecule has 7 heteroatoms. The Morgan fingerprint density at radius 3 is 2.81 bits per heavy atom. The lowest BCUT2D eigenvalue weighted by Gasteiger charge is -2.26. The summed E-state index contributed by atoms with van der Waals surface area (Å²) in [6.45, 7) is 6.73. The molecule has 0 spiro atoms. The van der Waals surface area contributed by atoms with E-state index in [9.17, 15) is 9.59 Å². The van der Waals surface area contributed by atoms with Gasteiger partial charge < -0.3 is 15.2 Å². The topological polar surface area (TPSA) is 88.9 Å². The highest BCUT2D eigenvalue weighted by atomic mass is 16.2. The molecule has 0 unspecified atom stereocenters. The summed E-state index contributed by atoms with van der Waals surface area (Å²) < 4.78 is 2.12. The SMILES string of the molecule is CC(=O)NCCC(=O)N[C@@H]1CCc2nnc(C(C)C)n2C1. The summed E-state index contributed by atoms with van der Waals surface area (Å²) in [5, 5.41) is 14.1. The fourth-order valence-corrected chi connectivity index (χ4v) is 2.54. The molecule has 2 amide bonds. The number of nitrogens with one attached hydrogen (secondary N) is 2. The molecule has 116 valence electrons. The maximum Gasteiger partial charge on any atom is 0.222 e. The van der Waals surface area contributed by atoms with Crippen molar-refractivity contribution in [1.82, 2.24) is 25.4 Å². The molecule has 0 saturated heterocycles. The second kappa shape index (κ2) is 6.69. The Labute approximate surface area is 124 Å². The summed E-state index contributed by atoms with van der Waals surface area (Å²) in [5.41, 5.74) is 0. The van der Waals surface area contributed by atoms with Gasteiger partial charge >= 0.3 is 0 Å². The van der Waals surface area contributed by atoms with Crippen LogP contribution in [0.1, 0.15) is 51.2 Å². The Morgan fingerprint density at radius 2 is 2.14 bits per heavy atom. The van der Waals surface area contributed by atoms with Gasteiger partial charge in [-0.2, -0.15) is 0 Å². The zero-order valence-electron chi connectivity index (χ0n) is 12.8. The normalized spacial score (nSPS) is 17.4. The van der Waals surface area contributed by atoms with Crippen LogP contribution in [0.4, 0.5) is 0 Å². The van der Waals surface area contributed by atoms with E-state index in [2.05, 4.69) is 39.2 Å². The van der Waals surface area contributed by atoms with E-state index < -0.39 is 0 Å². The Hall–Kier alpha value is -1.92. The van der Waals surface area contributed by atoms with E-state index in [-0.39, 0.29) is 17.9 Å². The first kappa shape index (κ1) is 15.5. The first-order valence-corrected chi connectivity index (χ1v) is 7.43. The van der Waals surface area contributed by atoms with E-state index in [0.29, 0.717) is 18.9 Å². The number of fused-ring (bicyclic) bond motifs is 1. The van der Waals surface area contributed by atoms with Crippen molar-refractivity contribution < 1.29 is 9.59 Å². The van der Waals surface area contributed by atoms with Crippen molar-refractivity contribution in [2.75, 3.05) is 6.54 Å². The summed E-state index contributed by atoms with van der Waals surface area (Å²) >= 11 is 0. The highest BCUT2D eigenvalue weighted by Crippen LogP contribution is 2.20. The Kier molecular flexibility index (Phi) is 4.93. The second-order valence-corrected chi connectivity index (χ2v) is 5.78. The van der Waals surface area contributed by atoms with Crippen LogP contribution in [0, 0.1) is 0 Å². The minimum absolute atomic E-state index is 0.0311. The van der Waals surface area contributed by atoms with Crippen molar-refractivity contribution in [2.45, 2.75) is 58.5 Å². The van der Waals surface area contributed by atoms with Gasteiger partial charge in [-0.25, -0.2) is 0 Å². The van der Waals surface area contributed by atoms with E-state index in [4.69, 9.17) is 0 Å². The standard InChI is InChI=1S/C14H23N5O2/c1-9(2)14-18-17-12-5-4-11(8-19(12)14)16-13(21)6-7-15-10(3)20/h9,11H,4-8H2,1-3H3,(H,15,20)(H,16,21)/t11-/m1/s1. The lowest BCUT2D eigenvalue weighted by atomic mass is 10.1. The number of hydrogen-bond donors (Lipinski definition) is 2. The maximum atomic E-state index is 11.9. The van der Waals surface area contributed by atoms with Gasteiger partial charge in [-0.15, -0.1) is 10.2 Å². The summed E-state index contributed by atoms with van der Waals surface area (Å²) in [7, 11) is 0. The van der Waals surface area contributed by atoms with E-state index in [0.717, 1.165) is 31.0 Å². The van der Waals surface area contributed by atoms with E-state index in [1.54, 1.807) is 0 Å². The summed E-state index contributed by atoms with van der Waals surface area (Å²) in [6, 6.07) is 0.107. The lowest BCUT2D eigenvalue weighted by Crippen LogP contribution is -2.42. The van der Waals surface area contributed by atoms with Crippen LogP contribution in [0.5, 0.6) is 0 Å². The van der Waals surface area contributed by atoms with Gasteiger partial charge in [-0.1, -0.05) is 13.8 Å². The molecular formula is C14H23N5O2. The molecule has 0 saturated carbocycles. The molecule has 0 fully saturated rings. The molecule has 21 heavy (non-hydrogen) atoms. The lowest BCUT2D eigenvalue weighted by molar-refractivity contribution is -0.122. The van der Waals surface area contributed by atoms with Gasteiger partial charge in [0.2, 0.25) is 11.8 Å². The van der Waals surface area contributed by atoms with Crippen LogP contribution < -0.4 is 10.6 Å². The third kappa shape index (κ3) is 4.03. The number of rotatable bonds is 5. The summed E-state index contributed by atoms with van der Waals surface area (Å²) in [4.78, 5) is 22.6. The molecular weight excluding hydrogens is 270 g/mol. The number of nitrogens with zero attached hydrogens (tertiary/aromatic N) is 3. The minimum atomic E-state index is -0.115. The predicted octanol–water partition coefficient (Wildman–Crippen LogP) is 0.359. The van der Waals surface area contributed by atoms with Crippen LogP contribution in [0.3, 0.4) is 0 Å². The molecule has 1 aliphatic rings. The zero-order valence-corrected chi connectivity index (χ0v) is 12.8. The summed E-state index contributed by atoms with van der Waals surface area (Å²) in [6.07, 6.45) is 2.01. The monoisotopic (exact) mass is 293 g/mol. The Bertz CT molecular complexity index is 523. The van der Waals surface area contributed by atoms with Crippen molar-refractivity contribution >= 4 is 11.8 Å². The average molecular weight is 293 g/mol. The van der Waals surface area contributed by atoms with Crippen LogP contribution >= 0.6 is 0 Å². The number of aryl methyl sites for hydroxylation is 1. The highest BCUT2D eigenvalue weighted by molar-refractivity contribution is 5.78. The molecule has 1 atom stereocenters. The average Bonchev–Trinajstić information content (AvgIpc) is 2.81. The molecule has 0 aromatic carbocycles. The predicted molar refractivity (Wildman–Crippen MR) is 77.7 cm³/mol. The number of carbonyl (C=O) groups is 2. The molecule has 2 heterocycles. The van der Waals surface area contributed by atoms with Gasteiger partial charge in [-0.05, 0) is 6.42 Å². The fraction of sp³-hybridized carbons (Fsp3) is 0.714. The molecule has 1 aromatic heterocycles. The molecule has 1 aliphatic heterocycles. The molecule has 0 bridgehead atoms. The van der Waals surface area contributed by atoms with E-state index >= 15 is 0 Å². The first-order valence-electron chi connectivity index (χ1n) is 7.43. The smallest absolute Gasteiger partial charge is 0.222 e. The van der Waals surface area contributed by atoms with Gasteiger partial charge in [0.25, 0.3) is 0 Å². The van der Waals surface area contributed by atoms with Gasteiger partial charge in [0, 0.05) is 44.8 Å². The van der Waals surface area contributed by atoms with Crippen molar-refractivity contribution in [2.24, 2.45) is 0 Å². The number of amides is 2. The molecule has 1 aromatic rings. The van der Waals surface area contributed by atoms with Crippen LogP contribution in [-0.4, -0.2) is 39.2 Å². The minimum Gasteiger partial charge on any atom is -0.356 e. The van der Waals surface area contributed by atoms with Crippen molar-refractivity contribution in [1.29, 1.82) is 0 Å². The third-order valence-corrected chi connectivity index (χ3v) is 3.58. The van der Waals surface area contributed by atoms with Crippen molar-refractivity contribution in [3.05, 3.63) is 11.6 Å². The fourth-order valence-electron chi connectivity index (χ4n) is 2.54. The van der Waals surface area contributed by atoms with Gasteiger partial charge in [0.15, 0.2) is 0 Å². The van der Waals surface area contributed by atoms with E-state index in [1.807, 2.05) is 0 Å². The quantitative estimate of drug-likeness (QED) is 0.820. The van der Waals surface area contributed by atoms with E-state index in [1.165, 1.54) is 6.92 Å². The molecule has 2 rings (SSSR count). The highest BCUT2D eigenvalue weighted by Gasteiger charge is 2.24. The van der Waals surface area contributed by atoms with Crippen molar-refractivity contribution in [3.63, 3.8) is 0 Å². The molecule has 2 N–H and O–H groups in total. The summed E-state index contributed by atoms with van der Waals surface area (Å²) in [5.74, 6) is 2.15. The van der Waals surface area contributed by atoms with Gasteiger partial charge in [0.1, 0.15) is 11.6 Å². The second-order valence-electron chi connectivity index (χ2n) is 5.78. The van der Waals surface area contributed by atoms with Crippen LogP contribution in [-0.2, 0) is 22.6 Å². The molecule has 0 aliphatic carbocycles. The molecule has 7 nitrogen and oxygen atoms in total. The van der Waals surface area contributed by atoms with Crippen molar-refractivity contribution in [3.8, 4) is 0 Å². The number of carbonyl (C=O) groups excluding carboxylic acids is 2. The largest absolute Gasteiger partial charge is 0.356 e. The number of hydrogen-bond acceptors (Lipinski definition) is 4. The zero-order chi connectivity index (χ0) is 15.4. The van der Waals surface area contributed by atoms with Crippen LogP contribution in [0.15, 0.2) is 0 Å². The molecule has 0 radical (unpaired) electrons.